The fourth-order valence-electron chi connectivity index (χ4n) is 2.66. The van der Waals surface area contributed by atoms with E-state index in [1.165, 1.54) is 19.2 Å². The number of aliphatic carboxylic acids is 1. The minimum Gasteiger partial charge on any atom is -0.502 e. The molecular weight excluding hydrogens is 239 g/mol. The molecule has 0 bridgehead atoms. The molecule has 1 fully saturated rings. The lowest BCUT2D eigenvalue weighted by atomic mass is 9.78. The van der Waals surface area contributed by atoms with E-state index >= 15 is 0 Å². The molecule has 0 heterocycles. The van der Waals surface area contributed by atoms with Crippen LogP contribution < -0.4 is 4.74 Å². The van der Waals surface area contributed by atoms with Gasteiger partial charge in [0.2, 0.25) is 0 Å². The molecule has 1 aromatic carbocycles. The lowest BCUT2D eigenvalue weighted by Gasteiger charge is -2.25. The first-order chi connectivity index (χ1) is 8.53. The predicted octanol–water partition coefficient (Wildman–Crippen LogP) is 2.44. The standard InChI is InChI=1S/C13H15FO4/c1-18-9-5-4-8(10(14)11(9)15)13(12(16)17)6-2-3-7-13/h4-5,15H,2-3,6-7H2,1H3,(H,16,17). The molecule has 0 aliphatic heterocycles. The van der Waals surface area contributed by atoms with Crippen molar-refractivity contribution >= 4 is 5.97 Å². The molecule has 2 rings (SSSR count). The van der Waals surface area contributed by atoms with Crippen LogP contribution in [0.15, 0.2) is 12.1 Å². The third-order valence-corrected chi connectivity index (χ3v) is 3.68. The summed E-state index contributed by atoms with van der Waals surface area (Å²) in [5.41, 5.74) is -1.17. The highest BCUT2D eigenvalue weighted by Gasteiger charge is 2.45. The van der Waals surface area contributed by atoms with Gasteiger partial charge in [-0.2, -0.15) is 0 Å². The number of rotatable bonds is 3. The molecule has 1 aliphatic rings. The van der Waals surface area contributed by atoms with Gasteiger partial charge in [0.1, 0.15) is 0 Å². The molecule has 5 heteroatoms. The Hall–Kier alpha value is -1.78. The van der Waals surface area contributed by atoms with Crippen LogP contribution >= 0.6 is 0 Å². The van der Waals surface area contributed by atoms with Gasteiger partial charge in [-0.15, -0.1) is 0 Å². The fourth-order valence-corrected chi connectivity index (χ4v) is 2.66. The lowest BCUT2D eigenvalue weighted by Crippen LogP contribution is -2.33. The van der Waals surface area contributed by atoms with E-state index in [0.717, 1.165) is 12.8 Å². The van der Waals surface area contributed by atoms with E-state index in [2.05, 4.69) is 0 Å². The van der Waals surface area contributed by atoms with E-state index in [-0.39, 0.29) is 11.3 Å². The SMILES string of the molecule is COc1ccc(C2(C(=O)O)CCCC2)c(F)c1O. The zero-order valence-corrected chi connectivity index (χ0v) is 10.1. The van der Waals surface area contributed by atoms with Crippen molar-refractivity contribution in [2.45, 2.75) is 31.1 Å². The summed E-state index contributed by atoms with van der Waals surface area (Å²) in [6, 6.07) is 2.80. The smallest absolute Gasteiger partial charge is 0.314 e. The molecule has 2 N–H and O–H groups in total. The number of methoxy groups -OCH3 is 1. The summed E-state index contributed by atoms with van der Waals surface area (Å²) in [5.74, 6) is -2.54. The summed E-state index contributed by atoms with van der Waals surface area (Å²) >= 11 is 0. The first kappa shape index (κ1) is 12.7. The normalized spacial score (nSPS) is 17.7. The summed E-state index contributed by atoms with van der Waals surface area (Å²) in [5, 5.41) is 19.0. The number of hydrogen-bond donors (Lipinski definition) is 2. The van der Waals surface area contributed by atoms with Crippen molar-refractivity contribution in [2.24, 2.45) is 0 Å². The summed E-state index contributed by atoms with van der Waals surface area (Å²) in [7, 11) is 1.32. The summed E-state index contributed by atoms with van der Waals surface area (Å²) in [6.45, 7) is 0. The average Bonchev–Trinajstić information content (AvgIpc) is 2.83. The Morgan fingerprint density at radius 2 is 2.00 bits per heavy atom. The van der Waals surface area contributed by atoms with Crippen LogP contribution in [0.4, 0.5) is 4.39 Å². The molecule has 0 aromatic heterocycles. The average molecular weight is 254 g/mol. The third kappa shape index (κ3) is 1.70. The van der Waals surface area contributed by atoms with Gasteiger partial charge in [-0.05, 0) is 18.9 Å². The van der Waals surface area contributed by atoms with Gasteiger partial charge in [0.15, 0.2) is 17.3 Å². The van der Waals surface area contributed by atoms with Gasteiger partial charge in [0, 0.05) is 5.56 Å². The van der Waals surface area contributed by atoms with Gasteiger partial charge >= 0.3 is 5.97 Å². The number of aromatic hydroxyl groups is 1. The molecule has 0 unspecified atom stereocenters. The van der Waals surface area contributed by atoms with E-state index in [4.69, 9.17) is 4.74 Å². The molecular formula is C13H15FO4. The molecule has 0 spiro atoms. The second-order valence-electron chi connectivity index (χ2n) is 4.57. The predicted molar refractivity (Wildman–Crippen MR) is 62.4 cm³/mol. The molecule has 1 aliphatic carbocycles. The Morgan fingerprint density at radius 3 is 2.50 bits per heavy atom. The van der Waals surface area contributed by atoms with Crippen LogP contribution in [0, 0.1) is 5.82 Å². The molecule has 0 radical (unpaired) electrons. The topological polar surface area (TPSA) is 66.8 Å². The van der Waals surface area contributed by atoms with E-state index in [1.54, 1.807) is 0 Å². The van der Waals surface area contributed by atoms with E-state index in [9.17, 15) is 19.4 Å². The molecule has 0 atom stereocenters. The number of benzene rings is 1. The molecule has 1 saturated carbocycles. The Bertz CT molecular complexity index is 478. The van der Waals surface area contributed by atoms with Crippen molar-refractivity contribution in [1.29, 1.82) is 0 Å². The van der Waals surface area contributed by atoms with E-state index in [1.807, 2.05) is 0 Å². The number of carbonyl (C=O) groups is 1. The first-order valence-corrected chi connectivity index (χ1v) is 5.82. The van der Waals surface area contributed by atoms with Crippen molar-refractivity contribution in [3.8, 4) is 11.5 Å². The lowest BCUT2D eigenvalue weighted by molar-refractivity contribution is -0.143. The zero-order chi connectivity index (χ0) is 13.3. The Kier molecular flexibility index (Phi) is 3.15. The van der Waals surface area contributed by atoms with E-state index < -0.39 is 23.0 Å². The van der Waals surface area contributed by atoms with Crippen LogP contribution in [0.3, 0.4) is 0 Å². The highest BCUT2D eigenvalue weighted by molar-refractivity contribution is 5.82. The van der Waals surface area contributed by atoms with Gasteiger partial charge in [-0.25, -0.2) is 4.39 Å². The van der Waals surface area contributed by atoms with Crippen LogP contribution in [0.2, 0.25) is 0 Å². The largest absolute Gasteiger partial charge is 0.502 e. The molecule has 4 nitrogen and oxygen atoms in total. The van der Waals surface area contributed by atoms with Crippen molar-refractivity contribution in [2.75, 3.05) is 7.11 Å². The van der Waals surface area contributed by atoms with Crippen LogP contribution in [0.5, 0.6) is 11.5 Å². The van der Waals surface area contributed by atoms with Gasteiger partial charge in [0.05, 0.1) is 12.5 Å². The summed E-state index contributed by atoms with van der Waals surface area (Å²) in [6.07, 6.45) is 2.28. The Morgan fingerprint density at radius 1 is 1.39 bits per heavy atom. The number of phenolic OH excluding ortho intramolecular Hbond substituents is 1. The van der Waals surface area contributed by atoms with Crippen LogP contribution in [0.25, 0.3) is 0 Å². The number of halogens is 1. The first-order valence-electron chi connectivity index (χ1n) is 5.82. The fraction of sp³-hybridized carbons (Fsp3) is 0.462. The van der Waals surface area contributed by atoms with Crippen molar-refractivity contribution in [3.05, 3.63) is 23.5 Å². The second-order valence-corrected chi connectivity index (χ2v) is 4.57. The minimum atomic E-state index is -1.21. The molecule has 0 amide bonds. The minimum absolute atomic E-state index is 0.00906. The van der Waals surface area contributed by atoms with Gasteiger partial charge in [-0.3, -0.25) is 4.79 Å². The van der Waals surface area contributed by atoms with Crippen LogP contribution in [-0.2, 0) is 10.2 Å². The number of carboxylic acid groups (broad SMARTS) is 1. The maximum atomic E-state index is 14.1. The molecule has 0 saturated heterocycles. The summed E-state index contributed by atoms with van der Waals surface area (Å²) < 4.78 is 18.9. The zero-order valence-electron chi connectivity index (χ0n) is 10.1. The van der Waals surface area contributed by atoms with Crippen LogP contribution in [-0.4, -0.2) is 23.3 Å². The van der Waals surface area contributed by atoms with Gasteiger partial charge in [0.25, 0.3) is 0 Å². The molecule has 98 valence electrons. The maximum Gasteiger partial charge on any atom is 0.314 e. The highest BCUT2D eigenvalue weighted by Crippen LogP contribution is 2.45. The van der Waals surface area contributed by atoms with E-state index in [0.29, 0.717) is 12.8 Å². The highest BCUT2D eigenvalue weighted by atomic mass is 19.1. The van der Waals surface area contributed by atoms with Gasteiger partial charge < -0.3 is 14.9 Å². The van der Waals surface area contributed by atoms with Gasteiger partial charge in [-0.1, -0.05) is 18.9 Å². The van der Waals surface area contributed by atoms with Crippen molar-refractivity contribution in [3.63, 3.8) is 0 Å². The number of hydrogen-bond acceptors (Lipinski definition) is 3. The third-order valence-electron chi connectivity index (χ3n) is 3.68. The summed E-state index contributed by atoms with van der Waals surface area (Å²) in [4.78, 5) is 11.5. The molecule has 18 heavy (non-hydrogen) atoms. The number of ether oxygens (including phenoxy) is 1. The monoisotopic (exact) mass is 254 g/mol. The maximum absolute atomic E-state index is 14.1. The molecule has 1 aromatic rings. The van der Waals surface area contributed by atoms with Crippen LogP contribution in [0.1, 0.15) is 31.2 Å². The van der Waals surface area contributed by atoms with Crippen molar-refractivity contribution < 1.29 is 24.1 Å². The Balaban J connectivity index is 2.56. The number of phenols is 1. The van der Waals surface area contributed by atoms with Crippen molar-refractivity contribution in [1.82, 2.24) is 0 Å². The quantitative estimate of drug-likeness (QED) is 0.869. The number of carboxylic acids is 1. The Labute approximate surface area is 104 Å². The second kappa shape index (κ2) is 4.48.